The van der Waals surface area contributed by atoms with Crippen molar-refractivity contribution in [1.82, 2.24) is 0 Å². The zero-order valence-corrected chi connectivity index (χ0v) is 16.1. The fraction of sp³-hybridized carbons (Fsp3) is 0.0833. The van der Waals surface area contributed by atoms with Gasteiger partial charge in [-0.1, -0.05) is 60.7 Å². The molecule has 0 spiro atoms. The van der Waals surface area contributed by atoms with Crippen LogP contribution in [0.4, 0.5) is 0 Å². The van der Waals surface area contributed by atoms with Crippen molar-refractivity contribution in [3.8, 4) is 5.75 Å². The molecule has 27 heavy (non-hydrogen) atoms. The van der Waals surface area contributed by atoms with Crippen molar-refractivity contribution in [3.05, 3.63) is 100 Å². The molecule has 0 radical (unpaired) electrons. The van der Waals surface area contributed by atoms with Gasteiger partial charge in [0.25, 0.3) is 0 Å². The highest BCUT2D eigenvalue weighted by atomic mass is 32.1. The highest BCUT2D eigenvalue weighted by molar-refractivity contribution is 7.25. The standard InChI is InChI=1S/C24H16OS2/c1-3-7-15(8-4-1)19-20-17-11-13-26-23(17)24-18(12-14-27-24)22(20)25-21(19)16-9-5-2-6-10-16/h1-14,19,21H. The summed E-state index contributed by atoms with van der Waals surface area (Å²) in [5.74, 6) is 1.27. The van der Waals surface area contributed by atoms with Gasteiger partial charge in [-0.25, -0.2) is 0 Å². The zero-order chi connectivity index (χ0) is 17.8. The van der Waals surface area contributed by atoms with E-state index in [1.54, 1.807) is 0 Å². The van der Waals surface area contributed by atoms with Crippen molar-refractivity contribution in [2.24, 2.45) is 0 Å². The smallest absolute Gasteiger partial charge is 0.135 e. The molecule has 2 atom stereocenters. The second-order valence-electron chi connectivity index (χ2n) is 6.91. The second kappa shape index (κ2) is 5.95. The summed E-state index contributed by atoms with van der Waals surface area (Å²) in [7, 11) is 0. The minimum absolute atomic E-state index is 0.00259. The van der Waals surface area contributed by atoms with Crippen LogP contribution in [0.5, 0.6) is 5.75 Å². The average Bonchev–Trinajstić information content (AvgIpc) is 3.45. The van der Waals surface area contributed by atoms with Crippen LogP contribution in [0.2, 0.25) is 0 Å². The number of ether oxygens (including phenoxy) is 1. The van der Waals surface area contributed by atoms with Gasteiger partial charge < -0.3 is 4.74 Å². The summed E-state index contributed by atoms with van der Waals surface area (Å²) in [6.07, 6.45) is -0.00259. The minimum atomic E-state index is -0.00259. The summed E-state index contributed by atoms with van der Waals surface area (Å²) in [4.78, 5) is 0. The number of hydrogen-bond donors (Lipinski definition) is 0. The molecule has 5 aromatic rings. The maximum atomic E-state index is 6.72. The van der Waals surface area contributed by atoms with Gasteiger partial charge in [0.15, 0.2) is 0 Å². The topological polar surface area (TPSA) is 9.23 Å². The Balaban J connectivity index is 1.70. The van der Waals surface area contributed by atoms with E-state index in [1.807, 2.05) is 22.7 Å². The van der Waals surface area contributed by atoms with Gasteiger partial charge in [-0.2, -0.15) is 0 Å². The molecule has 6 rings (SSSR count). The van der Waals surface area contributed by atoms with Crippen LogP contribution >= 0.6 is 22.7 Å². The van der Waals surface area contributed by atoms with Crippen molar-refractivity contribution in [2.45, 2.75) is 12.0 Å². The van der Waals surface area contributed by atoms with Crippen LogP contribution in [0.15, 0.2) is 83.6 Å². The van der Waals surface area contributed by atoms with Crippen LogP contribution in [-0.4, -0.2) is 0 Å². The Morgan fingerprint density at radius 2 is 1.22 bits per heavy atom. The molecular formula is C24H16OS2. The van der Waals surface area contributed by atoms with E-state index in [0.29, 0.717) is 0 Å². The predicted molar refractivity (Wildman–Crippen MR) is 115 cm³/mol. The first-order chi connectivity index (χ1) is 13.4. The molecule has 1 nitrogen and oxygen atoms in total. The van der Waals surface area contributed by atoms with Gasteiger partial charge in [0.05, 0.1) is 15.3 Å². The Kier molecular flexibility index (Phi) is 3.40. The monoisotopic (exact) mass is 384 g/mol. The molecule has 3 aromatic carbocycles. The normalized spacial score (nSPS) is 18.7. The first kappa shape index (κ1) is 15.4. The molecule has 2 unspecified atom stereocenters. The number of rotatable bonds is 2. The van der Waals surface area contributed by atoms with Crippen molar-refractivity contribution < 1.29 is 4.74 Å². The molecule has 130 valence electrons. The number of hydrogen-bond acceptors (Lipinski definition) is 3. The summed E-state index contributed by atoms with van der Waals surface area (Å²) in [5.41, 5.74) is 3.89. The van der Waals surface area contributed by atoms with E-state index >= 15 is 0 Å². The number of thiophene rings is 2. The van der Waals surface area contributed by atoms with E-state index in [9.17, 15) is 0 Å². The largest absolute Gasteiger partial charge is 0.484 e. The molecule has 3 heterocycles. The molecule has 0 aliphatic carbocycles. The second-order valence-corrected chi connectivity index (χ2v) is 8.74. The van der Waals surface area contributed by atoms with E-state index < -0.39 is 0 Å². The van der Waals surface area contributed by atoms with Crippen LogP contribution in [0, 0.1) is 0 Å². The minimum Gasteiger partial charge on any atom is -0.484 e. The maximum absolute atomic E-state index is 6.72. The molecule has 1 aliphatic heterocycles. The van der Waals surface area contributed by atoms with Crippen LogP contribution < -0.4 is 4.74 Å². The third kappa shape index (κ3) is 2.22. The summed E-state index contributed by atoms with van der Waals surface area (Å²) >= 11 is 3.65. The van der Waals surface area contributed by atoms with Crippen LogP contribution in [-0.2, 0) is 0 Å². The third-order valence-corrected chi connectivity index (χ3v) is 7.45. The Hall–Kier alpha value is -2.62. The summed E-state index contributed by atoms with van der Waals surface area (Å²) in [6.45, 7) is 0. The quantitative estimate of drug-likeness (QED) is 0.308. The summed E-state index contributed by atoms with van der Waals surface area (Å²) in [5, 5.41) is 6.99. The Labute approximate surface area is 165 Å². The number of fused-ring (bicyclic) bond motifs is 6. The SMILES string of the molecule is c1ccc(C2Oc3c(c4ccsc4c4sccc34)C2c2ccccc2)cc1. The molecule has 0 saturated carbocycles. The van der Waals surface area contributed by atoms with Gasteiger partial charge in [0.2, 0.25) is 0 Å². The van der Waals surface area contributed by atoms with Gasteiger partial charge in [-0.15, -0.1) is 22.7 Å². The lowest BCUT2D eigenvalue weighted by atomic mass is 9.83. The lowest BCUT2D eigenvalue weighted by Crippen LogP contribution is -2.11. The fourth-order valence-corrected chi connectivity index (χ4v) is 6.31. The summed E-state index contributed by atoms with van der Waals surface area (Å²) in [6, 6.07) is 25.9. The van der Waals surface area contributed by atoms with E-state index in [4.69, 9.17) is 4.74 Å². The van der Waals surface area contributed by atoms with E-state index in [-0.39, 0.29) is 12.0 Å². The van der Waals surface area contributed by atoms with Crippen molar-refractivity contribution in [3.63, 3.8) is 0 Å². The van der Waals surface area contributed by atoms with Crippen molar-refractivity contribution >= 4 is 42.8 Å². The predicted octanol–water partition coefficient (Wildman–Crippen LogP) is 7.38. The third-order valence-electron chi connectivity index (χ3n) is 5.46. The van der Waals surface area contributed by atoms with E-state index in [0.717, 1.165) is 5.75 Å². The zero-order valence-electron chi connectivity index (χ0n) is 14.5. The lowest BCUT2D eigenvalue weighted by molar-refractivity contribution is 0.225. The number of benzene rings is 3. The highest BCUT2D eigenvalue weighted by Gasteiger charge is 2.39. The van der Waals surface area contributed by atoms with Gasteiger partial charge in [0.1, 0.15) is 11.9 Å². The molecule has 3 heteroatoms. The van der Waals surface area contributed by atoms with Gasteiger partial charge in [-0.05, 0) is 34.0 Å². The van der Waals surface area contributed by atoms with Gasteiger partial charge >= 0.3 is 0 Å². The van der Waals surface area contributed by atoms with Crippen molar-refractivity contribution in [1.29, 1.82) is 0 Å². The highest BCUT2D eigenvalue weighted by Crippen LogP contribution is 2.56. The average molecular weight is 385 g/mol. The van der Waals surface area contributed by atoms with Crippen LogP contribution in [0.3, 0.4) is 0 Å². The molecule has 0 amide bonds. The Bertz CT molecular complexity index is 1250. The molecule has 0 bridgehead atoms. The first-order valence-electron chi connectivity index (χ1n) is 9.08. The molecular weight excluding hydrogens is 368 g/mol. The fourth-order valence-electron chi connectivity index (χ4n) is 4.32. The van der Waals surface area contributed by atoms with E-state index in [1.165, 1.54) is 36.9 Å². The van der Waals surface area contributed by atoms with Gasteiger partial charge in [-0.3, -0.25) is 0 Å². The van der Waals surface area contributed by atoms with E-state index in [2.05, 4.69) is 83.6 Å². The Morgan fingerprint density at radius 3 is 1.93 bits per heavy atom. The Morgan fingerprint density at radius 1 is 0.630 bits per heavy atom. The maximum Gasteiger partial charge on any atom is 0.135 e. The van der Waals surface area contributed by atoms with Crippen molar-refractivity contribution in [2.75, 3.05) is 0 Å². The van der Waals surface area contributed by atoms with Crippen LogP contribution in [0.1, 0.15) is 28.7 Å². The molecule has 1 aliphatic rings. The first-order valence-corrected chi connectivity index (χ1v) is 10.8. The van der Waals surface area contributed by atoms with Crippen LogP contribution in [0.25, 0.3) is 20.2 Å². The molecule has 0 saturated heterocycles. The molecule has 2 aromatic heterocycles. The van der Waals surface area contributed by atoms with Gasteiger partial charge in [0, 0.05) is 16.3 Å². The molecule has 0 fully saturated rings. The summed E-state index contributed by atoms with van der Waals surface area (Å²) < 4.78 is 9.45. The molecule has 0 N–H and O–H groups in total. The lowest BCUT2D eigenvalue weighted by Gasteiger charge is -2.20.